The zero-order valence-corrected chi connectivity index (χ0v) is 12.5. The molecule has 0 bridgehead atoms. The Morgan fingerprint density at radius 2 is 2.45 bits per heavy atom. The van der Waals surface area contributed by atoms with E-state index in [1.165, 1.54) is 12.8 Å². The molecular weight excluding hydrogens is 272 g/mol. The summed E-state index contributed by atoms with van der Waals surface area (Å²) in [5, 5.41) is 6.08. The van der Waals surface area contributed by atoms with Crippen molar-refractivity contribution in [1.29, 1.82) is 0 Å². The van der Waals surface area contributed by atoms with E-state index in [1.807, 2.05) is 17.5 Å². The lowest BCUT2D eigenvalue weighted by atomic mass is 9.97. The number of thiophene rings is 1. The highest BCUT2D eigenvalue weighted by atomic mass is 32.1. The number of hydrogen-bond acceptors (Lipinski definition) is 6. The van der Waals surface area contributed by atoms with Crippen LogP contribution in [-0.2, 0) is 6.54 Å². The van der Waals surface area contributed by atoms with Crippen LogP contribution in [-0.4, -0.2) is 33.7 Å². The Hall–Kier alpha value is -1.24. The van der Waals surface area contributed by atoms with Crippen LogP contribution in [0.15, 0.2) is 22.0 Å². The lowest BCUT2D eigenvalue weighted by molar-refractivity contribution is 0.109. The fourth-order valence-electron chi connectivity index (χ4n) is 2.81. The summed E-state index contributed by atoms with van der Waals surface area (Å²) < 4.78 is 5.38. The highest BCUT2D eigenvalue weighted by Crippen LogP contribution is 2.24. The fourth-order valence-corrected chi connectivity index (χ4v) is 3.46. The summed E-state index contributed by atoms with van der Waals surface area (Å²) in [6.45, 7) is 3.83. The van der Waals surface area contributed by atoms with Crippen LogP contribution in [0.3, 0.4) is 0 Å². The van der Waals surface area contributed by atoms with Crippen molar-refractivity contribution in [3.63, 3.8) is 0 Å². The second kappa shape index (κ2) is 6.03. The average Bonchev–Trinajstić information content (AvgIpc) is 3.09. The van der Waals surface area contributed by atoms with Crippen molar-refractivity contribution >= 4 is 11.3 Å². The number of nitrogens with zero attached hydrogens (tertiary/aromatic N) is 3. The van der Waals surface area contributed by atoms with Gasteiger partial charge in [0.2, 0.25) is 11.7 Å². The molecule has 6 heteroatoms. The molecule has 0 aromatic carbocycles. The Morgan fingerprint density at radius 3 is 3.20 bits per heavy atom. The minimum absolute atomic E-state index is 0.176. The summed E-state index contributed by atoms with van der Waals surface area (Å²) in [5.41, 5.74) is 6.09. The van der Waals surface area contributed by atoms with Crippen molar-refractivity contribution in [3.8, 4) is 10.7 Å². The number of aromatic nitrogens is 2. The van der Waals surface area contributed by atoms with Crippen LogP contribution in [0.1, 0.15) is 32.1 Å². The normalized spacial score (nSPS) is 22.0. The van der Waals surface area contributed by atoms with Crippen LogP contribution in [0.4, 0.5) is 0 Å². The Labute approximate surface area is 122 Å². The molecule has 3 heterocycles. The third-order valence-corrected chi connectivity index (χ3v) is 4.68. The molecule has 2 aromatic rings. The second-order valence-electron chi connectivity index (χ2n) is 5.38. The maximum atomic E-state index is 6.09. The number of rotatable bonds is 4. The molecule has 2 aromatic heterocycles. The molecule has 1 fully saturated rings. The van der Waals surface area contributed by atoms with Gasteiger partial charge in [-0.3, -0.25) is 4.90 Å². The van der Waals surface area contributed by atoms with Gasteiger partial charge in [-0.15, -0.1) is 11.3 Å². The zero-order chi connectivity index (χ0) is 13.9. The van der Waals surface area contributed by atoms with E-state index in [1.54, 1.807) is 11.3 Å². The van der Waals surface area contributed by atoms with Gasteiger partial charge in [-0.05, 0) is 37.8 Å². The Balaban J connectivity index is 1.71. The molecule has 1 saturated heterocycles. The first-order chi connectivity index (χ1) is 9.74. The quantitative estimate of drug-likeness (QED) is 0.937. The lowest BCUT2D eigenvalue weighted by Gasteiger charge is -2.37. The van der Waals surface area contributed by atoms with Crippen LogP contribution in [0.5, 0.6) is 0 Å². The molecule has 0 saturated carbocycles. The molecule has 3 rings (SSSR count). The van der Waals surface area contributed by atoms with Gasteiger partial charge in [0.05, 0.1) is 11.4 Å². The molecular formula is C14H20N4OS. The third kappa shape index (κ3) is 2.92. The number of likely N-dealkylation sites (tertiary alicyclic amines) is 1. The van der Waals surface area contributed by atoms with Crippen molar-refractivity contribution < 1.29 is 4.52 Å². The molecule has 2 unspecified atom stereocenters. The van der Waals surface area contributed by atoms with Crippen molar-refractivity contribution in [2.75, 3.05) is 6.54 Å². The Bertz CT molecular complexity index is 537. The van der Waals surface area contributed by atoms with E-state index in [0.717, 1.165) is 17.8 Å². The average molecular weight is 292 g/mol. The van der Waals surface area contributed by atoms with Gasteiger partial charge in [0.15, 0.2) is 0 Å². The van der Waals surface area contributed by atoms with E-state index in [2.05, 4.69) is 22.0 Å². The van der Waals surface area contributed by atoms with E-state index in [-0.39, 0.29) is 6.04 Å². The first kappa shape index (κ1) is 13.7. The summed E-state index contributed by atoms with van der Waals surface area (Å²) in [4.78, 5) is 7.91. The van der Waals surface area contributed by atoms with E-state index >= 15 is 0 Å². The van der Waals surface area contributed by atoms with Crippen molar-refractivity contribution in [2.45, 2.75) is 44.8 Å². The Kier molecular flexibility index (Phi) is 4.14. The molecule has 0 spiro atoms. The fraction of sp³-hybridized carbons (Fsp3) is 0.571. The number of hydrogen-bond donors (Lipinski definition) is 1. The van der Waals surface area contributed by atoms with Crippen molar-refractivity contribution in [2.24, 2.45) is 5.73 Å². The van der Waals surface area contributed by atoms with E-state index in [9.17, 15) is 0 Å². The summed E-state index contributed by atoms with van der Waals surface area (Å²) in [7, 11) is 0. The maximum Gasteiger partial charge on any atom is 0.241 e. The standard InChI is InChI=1S/C14H20N4OS/c1-10(15)11-5-2-3-7-18(11)9-13-16-14(17-19-13)12-6-4-8-20-12/h4,6,8,10-11H,2-3,5,7,9,15H2,1H3. The lowest BCUT2D eigenvalue weighted by Crippen LogP contribution is -2.48. The minimum Gasteiger partial charge on any atom is -0.338 e. The number of nitrogens with two attached hydrogens (primary N) is 1. The van der Waals surface area contributed by atoms with Crippen LogP contribution in [0.2, 0.25) is 0 Å². The highest BCUT2D eigenvalue weighted by Gasteiger charge is 2.27. The van der Waals surface area contributed by atoms with Gasteiger partial charge in [-0.25, -0.2) is 0 Å². The zero-order valence-electron chi connectivity index (χ0n) is 11.7. The molecule has 1 aliphatic rings. The molecule has 20 heavy (non-hydrogen) atoms. The molecule has 2 atom stereocenters. The molecule has 108 valence electrons. The minimum atomic E-state index is 0.176. The summed E-state index contributed by atoms with van der Waals surface area (Å²) in [6.07, 6.45) is 3.63. The predicted molar refractivity (Wildman–Crippen MR) is 79.3 cm³/mol. The van der Waals surface area contributed by atoms with Crippen LogP contribution in [0, 0.1) is 0 Å². The summed E-state index contributed by atoms with van der Waals surface area (Å²) in [5.74, 6) is 1.37. The second-order valence-corrected chi connectivity index (χ2v) is 6.33. The van der Waals surface area contributed by atoms with Crippen LogP contribution >= 0.6 is 11.3 Å². The smallest absolute Gasteiger partial charge is 0.241 e. The first-order valence-electron chi connectivity index (χ1n) is 7.10. The van der Waals surface area contributed by atoms with Gasteiger partial charge >= 0.3 is 0 Å². The Morgan fingerprint density at radius 1 is 1.55 bits per heavy atom. The molecule has 0 amide bonds. The topological polar surface area (TPSA) is 68.2 Å². The van der Waals surface area contributed by atoms with Crippen LogP contribution in [0.25, 0.3) is 10.7 Å². The summed E-state index contributed by atoms with van der Waals surface area (Å²) in [6, 6.07) is 4.59. The molecule has 2 N–H and O–H groups in total. The summed E-state index contributed by atoms with van der Waals surface area (Å²) >= 11 is 1.62. The van der Waals surface area contributed by atoms with Crippen molar-refractivity contribution in [3.05, 3.63) is 23.4 Å². The van der Waals surface area contributed by atoms with Gasteiger partial charge in [0, 0.05) is 12.1 Å². The third-order valence-electron chi connectivity index (χ3n) is 3.82. The maximum absolute atomic E-state index is 6.09. The van der Waals surface area contributed by atoms with Gasteiger partial charge in [-0.2, -0.15) is 4.98 Å². The van der Waals surface area contributed by atoms with Gasteiger partial charge in [-0.1, -0.05) is 17.6 Å². The largest absolute Gasteiger partial charge is 0.338 e. The van der Waals surface area contributed by atoms with E-state index < -0.39 is 0 Å². The monoisotopic (exact) mass is 292 g/mol. The van der Waals surface area contributed by atoms with Gasteiger partial charge in [0.1, 0.15) is 0 Å². The first-order valence-corrected chi connectivity index (χ1v) is 7.98. The number of piperidine rings is 1. The van der Waals surface area contributed by atoms with Gasteiger partial charge < -0.3 is 10.3 Å². The van der Waals surface area contributed by atoms with E-state index in [0.29, 0.717) is 24.3 Å². The van der Waals surface area contributed by atoms with Crippen molar-refractivity contribution in [1.82, 2.24) is 15.0 Å². The predicted octanol–water partition coefficient (Wildman–Crippen LogP) is 2.50. The SMILES string of the molecule is CC(N)C1CCCCN1Cc1nc(-c2cccs2)no1. The van der Waals surface area contributed by atoms with Crippen LogP contribution < -0.4 is 5.73 Å². The van der Waals surface area contributed by atoms with Gasteiger partial charge in [0.25, 0.3) is 0 Å². The van der Waals surface area contributed by atoms with E-state index in [4.69, 9.17) is 10.3 Å². The molecule has 5 nitrogen and oxygen atoms in total. The highest BCUT2D eigenvalue weighted by molar-refractivity contribution is 7.13. The molecule has 0 aliphatic carbocycles. The molecule has 0 radical (unpaired) electrons. The molecule has 1 aliphatic heterocycles.